The molecule has 1 fully saturated rings. The van der Waals surface area contributed by atoms with Crippen molar-refractivity contribution in [2.75, 3.05) is 0 Å². The van der Waals surface area contributed by atoms with Crippen molar-refractivity contribution in [2.24, 2.45) is 5.92 Å². The van der Waals surface area contributed by atoms with Crippen molar-refractivity contribution >= 4 is 11.6 Å². The third-order valence-corrected chi connectivity index (χ3v) is 5.36. The SMILES string of the molecule is CCC(C)c1ccc(C(Cl)C2CCCCCC2)cc1. The summed E-state index contributed by atoms with van der Waals surface area (Å²) in [6, 6.07) is 9.05. The molecule has 2 atom stereocenters. The Morgan fingerprint density at radius 2 is 1.53 bits per heavy atom. The molecule has 2 unspecified atom stereocenters. The van der Waals surface area contributed by atoms with E-state index >= 15 is 0 Å². The maximum absolute atomic E-state index is 6.72. The van der Waals surface area contributed by atoms with E-state index in [1.165, 1.54) is 56.1 Å². The van der Waals surface area contributed by atoms with Gasteiger partial charge in [-0.25, -0.2) is 0 Å². The number of benzene rings is 1. The van der Waals surface area contributed by atoms with Crippen LogP contribution in [-0.2, 0) is 0 Å². The topological polar surface area (TPSA) is 0 Å². The molecule has 19 heavy (non-hydrogen) atoms. The minimum Gasteiger partial charge on any atom is -0.118 e. The monoisotopic (exact) mass is 278 g/mol. The smallest absolute Gasteiger partial charge is 0.0613 e. The Hall–Kier alpha value is -0.490. The van der Waals surface area contributed by atoms with E-state index < -0.39 is 0 Å². The largest absolute Gasteiger partial charge is 0.118 e. The Bertz CT molecular complexity index is 360. The Morgan fingerprint density at radius 1 is 1.00 bits per heavy atom. The van der Waals surface area contributed by atoms with Crippen LogP contribution in [0.15, 0.2) is 24.3 Å². The second kappa shape index (κ2) is 7.33. The van der Waals surface area contributed by atoms with Gasteiger partial charge in [-0.3, -0.25) is 0 Å². The van der Waals surface area contributed by atoms with Crippen molar-refractivity contribution in [1.29, 1.82) is 0 Å². The van der Waals surface area contributed by atoms with Crippen LogP contribution in [0.25, 0.3) is 0 Å². The highest BCUT2D eigenvalue weighted by atomic mass is 35.5. The zero-order valence-electron chi connectivity index (χ0n) is 12.4. The molecule has 0 saturated heterocycles. The minimum atomic E-state index is 0.212. The average molecular weight is 279 g/mol. The van der Waals surface area contributed by atoms with Crippen molar-refractivity contribution in [3.05, 3.63) is 35.4 Å². The van der Waals surface area contributed by atoms with E-state index in [-0.39, 0.29) is 5.38 Å². The molecule has 0 nitrogen and oxygen atoms in total. The molecule has 1 aromatic rings. The third-order valence-electron chi connectivity index (χ3n) is 4.75. The second-order valence-electron chi connectivity index (χ2n) is 6.13. The molecule has 1 saturated carbocycles. The van der Waals surface area contributed by atoms with Crippen LogP contribution in [0, 0.1) is 5.92 Å². The lowest BCUT2D eigenvalue weighted by molar-refractivity contribution is 0.445. The van der Waals surface area contributed by atoms with Crippen LogP contribution < -0.4 is 0 Å². The lowest BCUT2D eigenvalue weighted by Gasteiger charge is -2.21. The fourth-order valence-electron chi connectivity index (χ4n) is 3.12. The van der Waals surface area contributed by atoms with Gasteiger partial charge < -0.3 is 0 Å². The molecular formula is C18H27Cl. The Kier molecular flexibility index (Phi) is 5.76. The Labute approximate surface area is 123 Å². The zero-order chi connectivity index (χ0) is 13.7. The van der Waals surface area contributed by atoms with Gasteiger partial charge in [0.25, 0.3) is 0 Å². The highest BCUT2D eigenvalue weighted by Gasteiger charge is 2.22. The van der Waals surface area contributed by atoms with Crippen molar-refractivity contribution < 1.29 is 0 Å². The molecule has 1 aliphatic carbocycles. The van der Waals surface area contributed by atoms with Crippen LogP contribution in [0.5, 0.6) is 0 Å². The van der Waals surface area contributed by atoms with Crippen LogP contribution in [0.2, 0.25) is 0 Å². The summed E-state index contributed by atoms with van der Waals surface area (Å²) in [4.78, 5) is 0. The number of alkyl halides is 1. The van der Waals surface area contributed by atoms with E-state index in [2.05, 4.69) is 38.1 Å². The van der Waals surface area contributed by atoms with Gasteiger partial charge in [0.05, 0.1) is 5.38 Å². The Balaban J connectivity index is 2.03. The van der Waals surface area contributed by atoms with Crippen LogP contribution in [-0.4, -0.2) is 0 Å². The highest BCUT2D eigenvalue weighted by Crippen LogP contribution is 2.38. The van der Waals surface area contributed by atoms with Crippen molar-refractivity contribution in [3.63, 3.8) is 0 Å². The van der Waals surface area contributed by atoms with E-state index in [9.17, 15) is 0 Å². The molecule has 0 N–H and O–H groups in total. The second-order valence-corrected chi connectivity index (χ2v) is 6.60. The van der Waals surface area contributed by atoms with Crippen molar-refractivity contribution in [3.8, 4) is 0 Å². The van der Waals surface area contributed by atoms with Gasteiger partial charge in [0.2, 0.25) is 0 Å². The number of hydrogen-bond donors (Lipinski definition) is 0. The first-order valence-electron chi connectivity index (χ1n) is 7.96. The summed E-state index contributed by atoms with van der Waals surface area (Å²) in [6.45, 7) is 4.53. The fourth-order valence-corrected chi connectivity index (χ4v) is 3.52. The first kappa shape index (κ1) is 14.9. The minimum absolute atomic E-state index is 0.212. The van der Waals surface area contributed by atoms with Gasteiger partial charge in [0.1, 0.15) is 0 Å². The summed E-state index contributed by atoms with van der Waals surface area (Å²) < 4.78 is 0. The fraction of sp³-hybridized carbons (Fsp3) is 0.667. The molecule has 0 radical (unpaired) electrons. The van der Waals surface area contributed by atoms with Gasteiger partial charge in [-0.05, 0) is 42.2 Å². The van der Waals surface area contributed by atoms with Gasteiger partial charge >= 0.3 is 0 Å². The average Bonchev–Trinajstić information content (AvgIpc) is 2.75. The number of rotatable bonds is 4. The number of halogens is 1. The molecule has 0 spiro atoms. The molecule has 1 heteroatoms. The zero-order valence-corrected chi connectivity index (χ0v) is 13.1. The number of hydrogen-bond acceptors (Lipinski definition) is 0. The predicted molar refractivity (Wildman–Crippen MR) is 84.9 cm³/mol. The van der Waals surface area contributed by atoms with Crippen molar-refractivity contribution in [2.45, 2.75) is 70.1 Å². The van der Waals surface area contributed by atoms with E-state index in [0.29, 0.717) is 11.8 Å². The molecular weight excluding hydrogens is 252 g/mol. The normalized spacial score (nSPS) is 20.8. The summed E-state index contributed by atoms with van der Waals surface area (Å²) in [5.74, 6) is 1.33. The molecule has 1 aromatic carbocycles. The van der Waals surface area contributed by atoms with Crippen LogP contribution >= 0.6 is 11.6 Å². The summed E-state index contributed by atoms with van der Waals surface area (Å²) >= 11 is 6.72. The maximum atomic E-state index is 6.72. The lowest BCUT2D eigenvalue weighted by atomic mass is 9.90. The molecule has 106 valence electrons. The molecule has 0 amide bonds. The first-order chi connectivity index (χ1) is 9.22. The molecule has 0 aromatic heterocycles. The van der Waals surface area contributed by atoms with E-state index in [1.54, 1.807) is 0 Å². The lowest BCUT2D eigenvalue weighted by Crippen LogP contribution is -2.07. The van der Waals surface area contributed by atoms with Crippen LogP contribution in [0.3, 0.4) is 0 Å². The summed E-state index contributed by atoms with van der Waals surface area (Å²) in [7, 11) is 0. The maximum Gasteiger partial charge on any atom is 0.0613 e. The first-order valence-corrected chi connectivity index (χ1v) is 8.40. The van der Waals surface area contributed by atoms with Gasteiger partial charge in [-0.2, -0.15) is 0 Å². The van der Waals surface area contributed by atoms with Gasteiger partial charge in [-0.1, -0.05) is 63.8 Å². The van der Waals surface area contributed by atoms with E-state index in [1.807, 2.05) is 0 Å². The molecule has 0 heterocycles. The standard InChI is InChI=1S/C18H27Cl/c1-3-14(2)15-10-12-17(13-11-15)18(19)16-8-6-4-5-7-9-16/h10-14,16,18H,3-9H2,1-2H3. The van der Waals surface area contributed by atoms with Gasteiger partial charge in [0.15, 0.2) is 0 Å². The predicted octanol–water partition coefficient (Wildman–Crippen LogP) is 6.45. The molecule has 0 bridgehead atoms. The molecule has 1 aliphatic rings. The van der Waals surface area contributed by atoms with Crippen molar-refractivity contribution in [1.82, 2.24) is 0 Å². The molecule has 0 aliphatic heterocycles. The summed E-state index contributed by atoms with van der Waals surface area (Å²) in [5.41, 5.74) is 2.76. The Morgan fingerprint density at radius 3 is 2.05 bits per heavy atom. The van der Waals surface area contributed by atoms with E-state index in [0.717, 1.165) is 0 Å². The third kappa shape index (κ3) is 3.99. The summed E-state index contributed by atoms with van der Waals surface area (Å²) in [6.07, 6.45) is 9.33. The quantitative estimate of drug-likeness (QED) is 0.438. The van der Waals surface area contributed by atoms with E-state index in [4.69, 9.17) is 11.6 Å². The van der Waals surface area contributed by atoms with Gasteiger partial charge in [-0.15, -0.1) is 11.6 Å². The molecule has 2 rings (SSSR count). The van der Waals surface area contributed by atoms with Crippen LogP contribution in [0.4, 0.5) is 0 Å². The highest BCUT2D eigenvalue weighted by molar-refractivity contribution is 6.21. The summed E-state index contributed by atoms with van der Waals surface area (Å²) in [5, 5.41) is 0.212. The van der Waals surface area contributed by atoms with Crippen LogP contribution in [0.1, 0.15) is 81.2 Å². The van der Waals surface area contributed by atoms with Gasteiger partial charge in [0, 0.05) is 0 Å².